The van der Waals surface area contributed by atoms with Crippen LogP contribution in [0.15, 0.2) is 24.3 Å². The maximum atomic E-state index is 11.7. The van der Waals surface area contributed by atoms with Crippen molar-refractivity contribution in [3.05, 3.63) is 35.4 Å². The first-order valence-corrected chi connectivity index (χ1v) is 6.33. The van der Waals surface area contributed by atoms with Crippen LogP contribution in [0.5, 0.6) is 0 Å². The number of aryl methyl sites for hydroxylation is 1. The molecule has 1 aromatic rings. The number of benzene rings is 1. The van der Waals surface area contributed by atoms with E-state index in [1.807, 2.05) is 7.05 Å². The molecule has 100 valence electrons. The largest absolute Gasteiger partial charge is 0.349 e. The van der Waals surface area contributed by atoms with E-state index in [0.29, 0.717) is 6.42 Å². The Hall–Kier alpha value is -1.06. The third-order valence-corrected chi connectivity index (χ3v) is 3.31. The van der Waals surface area contributed by atoms with Gasteiger partial charge >= 0.3 is 0 Å². The molecule has 1 atom stereocenters. The first kappa shape index (κ1) is 15.0. The van der Waals surface area contributed by atoms with Crippen molar-refractivity contribution in [2.24, 2.45) is 0 Å². The summed E-state index contributed by atoms with van der Waals surface area (Å²) in [5, 5.41) is 6.13. The van der Waals surface area contributed by atoms with E-state index in [1.165, 1.54) is 11.1 Å². The topological polar surface area (TPSA) is 41.1 Å². The molecule has 1 unspecified atom stereocenters. The van der Waals surface area contributed by atoms with E-state index in [2.05, 4.69) is 34.9 Å². The normalized spacial score (nSPS) is 17.5. The van der Waals surface area contributed by atoms with Gasteiger partial charge in [-0.25, -0.2) is 0 Å². The summed E-state index contributed by atoms with van der Waals surface area (Å²) in [4.78, 5) is 11.7. The van der Waals surface area contributed by atoms with Gasteiger partial charge in [-0.15, -0.1) is 12.4 Å². The molecule has 0 saturated carbocycles. The Labute approximate surface area is 115 Å². The first-order chi connectivity index (χ1) is 8.31. The Morgan fingerprint density at radius 3 is 2.94 bits per heavy atom. The van der Waals surface area contributed by atoms with Crippen LogP contribution >= 0.6 is 12.4 Å². The van der Waals surface area contributed by atoms with Crippen molar-refractivity contribution >= 4 is 18.3 Å². The molecule has 0 spiro atoms. The second-order valence-corrected chi connectivity index (χ2v) is 4.56. The van der Waals surface area contributed by atoms with E-state index < -0.39 is 0 Å². The summed E-state index contributed by atoms with van der Waals surface area (Å²) >= 11 is 0. The van der Waals surface area contributed by atoms with Crippen LogP contribution < -0.4 is 10.6 Å². The highest BCUT2D eigenvalue weighted by Crippen LogP contribution is 2.29. The Balaban J connectivity index is 0.00000162. The summed E-state index contributed by atoms with van der Waals surface area (Å²) in [7, 11) is 1.86. The molecule has 0 aliphatic heterocycles. The van der Waals surface area contributed by atoms with Crippen LogP contribution in [0.2, 0.25) is 0 Å². The SMILES string of the molecule is CNCCC(=O)NC1CCCc2ccccc21.Cl. The van der Waals surface area contributed by atoms with Gasteiger partial charge in [0.1, 0.15) is 0 Å². The van der Waals surface area contributed by atoms with Gasteiger partial charge in [0, 0.05) is 13.0 Å². The molecule has 0 fully saturated rings. The van der Waals surface area contributed by atoms with Crippen LogP contribution in [0.3, 0.4) is 0 Å². The molecular formula is C14H21ClN2O. The van der Waals surface area contributed by atoms with Crippen molar-refractivity contribution in [1.29, 1.82) is 0 Å². The van der Waals surface area contributed by atoms with E-state index in [9.17, 15) is 4.79 Å². The molecule has 0 heterocycles. The molecule has 0 bridgehead atoms. The minimum Gasteiger partial charge on any atom is -0.349 e. The van der Waals surface area contributed by atoms with Crippen molar-refractivity contribution in [2.45, 2.75) is 31.7 Å². The Kier molecular flexibility index (Phi) is 6.16. The first-order valence-electron chi connectivity index (χ1n) is 6.33. The maximum absolute atomic E-state index is 11.7. The molecule has 18 heavy (non-hydrogen) atoms. The van der Waals surface area contributed by atoms with Crippen LogP contribution in [0, 0.1) is 0 Å². The van der Waals surface area contributed by atoms with Crippen molar-refractivity contribution < 1.29 is 4.79 Å². The average Bonchev–Trinajstić information content (AvgIpc) is 2.37. The molecule has 3 nitrogen and oxygen atoms in total. The van der Waals surface area contributed by atoms with Gasteiger partial charge in [-0.1, -0.05) is 24.3 Å². The van der Waals surface area contributed by atoms with Crippen LogP contribution in [0.25, 0.3) is 0 Å². The molecule has 1 aliphatic rings. The smallest absolute Gasteiger partial charge is 0.221 e. The lowest BCUT2D eigenvalue weighted by Crippen LogP contribution is -2.32. The monoisotopic (exact) mass is 268 g/mol. The summed E-state index contributed by atoms with van der Waals surface area (Å²) in [6.07, 6.45) is 3.91. The molecule has 2 N–H and O–H groups in total. The number of fused-ring (bicyclic) bond motifs is 1. The number of hydrogen-bond donors (Lipinski definition) is 2. The molecule has 0 aromatic heterocycles. The number of nitrogens with one attached hydrogen (secondary N) is 2. The van der Waals surface area contributed by atoms with Gasteiger partial charge < -0.3 is 10.6 Å². The van der Waals surface area contributed by atoms with E-state index >= 15 is 0 Å². The van der Waals surface area contributed by atoms with Crippen molar-refractivity contribution in [3.8, 4) is 0 Å². The molecule has 0 radical (unpaired) electrons. The van der Waals surface area contributed by atoms with E-state index in [-0.39, 0.29) is 24.4 Å². The van der Waals surface area contributed by atoms with Gasteiger partial charge in [0.2, 0.25) is 5.91 Å². The van der Waals surface area contributed by atoms with Gasteiger partial charge in [-0.2, -0.15) is 0 Å². The quantitative estimate of drug-likeness (QED) is 0.879. The predicted molar refractivity (Wildman–Crippen MR) is 76.1 cm³/mol. The zero-order valence-electron chi connectivity index (χ0n) is 10.7. The number of hydrogen-bond acceptors (Lipinski definition) is 2. The standard InChI is InChI=1S/C14H20N2O.ClH/c1-15-10-9-14(17)16-13-8-4-6-11-5-2-3-7-12(11)13;/h2-3,5,7,13,15H,4,6,8-10H2,1H3,(H,16,17);1H. The minimum absolute atomic E-state index is 0. The summed E-state index contributed by atoms with van der Waals surface area (Å²) in [5.41, 5.74) is 2.69. The van der Waals surface area contributed by atoms with Crippen LogP contribution in [0.1, 0.15) is 36.4 Å². The fourth-order valence-corrected chi connectivity index (χ4v) is 2.41. The maximum Gasteiger partial charge on any atom is 0.221 e. The number of carbonyl (C=O) groups is 1. The lowest BCUT2D eigenvalue weighted by atomic mass is 9.88. The molecule has 1 amide bonds. The van der Waals surface area contributed by atoms with Gasteiger partial charge in [-0.05, 0) is 37.4 Å². The van der Waals surface area contributed by atoms with E-state index in [0.717, 1.165) is 25.8 Å². The lowest BCUT2D eigenvalue weighted by Gasteiger charge is -2.26. The summed E-state index contributed by atoms with van der Waals surface area (Å²) in [6.45, 7) is 0.736. The summed E-state index contributed by atoms with van der Waals surface area (Å²) < 4.78 is 0. The predicted octanol–water partition coefficient (Wildman–Crippen LogP) is 2.21. The average molecular weight is 269 g/mol. The van der Waals surface area contributed by atoms with E-state index in [1.54, 1.807) is 0 Å². The highest BCUT2D eigenvalue weighted by molar-refractivity contribution is 5.85. The second-order valence-electron chi connectivity index (χ2n) is 4.56. The Morgan fingerprint density at radius 1 is 1.39 bits per heavy atom. The van der Waals surface area contributed by atoms with Crippen LogP contribution in [-0.2, 0) is 11.2 Å². The van der Waals surface area contributed by atoms with Gasteiger partial charge in [0.05, 0.1) is 6.04 Å². The third kappa shape index (κ3) is 3.72. The van der Waals surface area contributed by atoms with Crippen LogP contribution in [0.4, 0.5) is 0 Å². The van der Waals surface area contributed by atoms with Gasteiger partial charge in [-0.3, -0.25) is 4.79 Å². The number of amides is 1. The van der Waals surface area contributed by atoms with Crippen molar-refractivity contribution in [3.63, 3.8) is 0 Å². The van der Waals surface area contributed by atoms with Gasteiger partial charge in [0.15, 0.2) is 0 Å². The van der Waals surface area contributed by atoms with Gasteiger partial charge in [0.25, 0.3) is 0 Å². The zero-order valence-corrected chi connectivity index (χ0v) is 11.6. The minimum atomic E-state index is 0. The fraction of sp³-hybridized carbons (Fsp3) is 0.500. The Bertz CT molecular complexity index is 395. The zero-order chi connectivity index (χ0) is 12.1. The molecule has 2 rings (SSSR count). The van der Waals surface area contributed by atoms with Crippen LogP contribution in [-0.4, -0.2) is 19.5 Å². The fourth-order valence-electron chi connectivity index (χ4n) is 2.41. The van der Waals surface area contributed by atoms with Crippen molar-refractivity contribution in [2.75, 3.05) is 13.6 Å². The molecular weight excluding hydrogens is 248 g/mol. The Morgan fingerprint density at radius 2 is 2.17 bits per heavy atom. The number of carbonyl (C=O) groups excluding carboxylic acids is 1. The molecule has 1 aromatic carbocycles. The highest BCUT2D eigenvalue weighted by Gasteiger charge is 2.20. The highest BCUT2D eigenvalue weighted by atomic mass is 35.5. The van der Waals surface area contributed by atoms with Crippen molar-refractivity contribution in [1.82, 2.24) is 10.6 Å². The molecule has 0 saturated heterocycles. The lowest BCUT2D eigenvalue weighted by molar-refractivity contribution is -0.121. The third-order valence-electron chi connectivity index (χ3n) is 3.31. The van der Waals surface area contributed by atoms with E-state index in [4.69, 9.17) is 0 Å². The molecule has 1 aliphatic carbocycles. The number of rotatable bonds is 4. The summed E-state index contributed by atoms with van der Waals surface area (Å²) in [5.74, 6) is 0.140. The summed E-state index contributed by atoms with van der Waals surface area (Å²) in [6, 6.07) is 8.64. The number of halogens is 1. The second kappa shape index (κ2) is 7.39. The molecule has 4 heteroatoms.